The number of aromatic carboxylic acids is 1. The first-order valence-corrected chi connectivity index (χ1v) is 8.46. The fourth-order valence-electron chi connectivity index (χ4n) is 1.87. The van der Waals surface area contributed by atoms with E-state index in [9.17, 15) is 18.0 Å². The van der Waals surface area contributed by atoms with Crippen molar-refractivity contribution < 1.29 is 27.5 Å². The Morgan fingerprint density at radius 1 is 1.13 bits per heavy atom. The molecule has 1 aromatic carbocycles. The molecule has 0 unspecified atom stereocenters. The Bertz CT molecular complexity index is 820. The van der Waals surface area contributed by atoms with Crippen LogP contribution in [0.1, 0.15) is 21.9 Å². The third-order valence-corrected chi connectivity index (χ3v) is 4.35. The molecular weight excluding hydrogens is 322 g/mol. The van der Waals surface area contributed by atoms with E-state index in [2.05, 4.69) is 5.32 Å². The van der Waals surface area contributed by atoms with Crippen LogP contribution in [0.4, 0.5) is 5.69 Å². The summed E-state index contributed by atoms with van der Waals surface area (Å²) in [5.41, 5.74) is 1.52. The number of rotatable bonds is 6. The summed E-state index contributed by atoms with van der Waals surface area (Å²) >= 11 is 0. The number of carboxylic acids is 1. The molecular formula is C15H15NO6S. The number of amides is 1. The highest BCUT2D eigenvalue weighted by atomic mass is 32.2. The topological polar surface area (TPSA) is 114 Å². The fourth-order valence-corrected chi connectivity index (χ4v) is 3.03. The summed E-state index contributed by atoms with van der Waals surface area (Å²) in [6.07, 6.45) is 0. The monoisotopic (exact) mass is 337 g/mol. The minimum atomic E-state index is -3.77. The molecule has 0 saturated heterocycles. The standard InChI is InChI=1S/C15H15NO6S/c1-10-2-4-11(5-3-10)16-14(17)9-23(20,21)8-12-6-7-13(22-12)15(18)19/h2-7H,8-9H2,1H3,(H,16,17)(H,18,19). The van der Waals surface area contributed by atoms with Gasteiger partial charge in [-0.05, 0) is 31.2 Å². The zero-order valence-corrected chi connectivity index (χ0v) is 13.1. The molecule has 1 amide bonds. The fraction of sp³-hybridized carbons (Fsp3) is 0.200. The molecule has 0 bridgehead atoms. The quantitative estimate of drug-likeness (QED) is 0.831. The average Bonchev–Trinajstić information content (AvgIpc) is 2.88. The summed E-state index contributed by atoms with van der Waals surface area (Å²) in [7, 11) is -3.77. The summed E-state index contributed by atoms with van der Waals surface area (Å²) in [5.74, 6) is -3.58. The van der Waals surface area contributed by atoms with E-state index >= 15 is 0 Å². The van der Waals surface area contributed by atoms with Crippen LogP contribution in [-0.2, 0) is 20.4 Å². The van der Waals surface area contributed by atoms with Crippen LogP contribution in [0.15, 0.2) is 40.8 Å². The second kappa shape index (κ2) is 6.66. The molecule has 8 heteroatoms. The molecule has 1 aromatic heterocycles. The van der Waals surface area contributed by atoms with Crippen molar-refractivity contribution in [1.29, 1.82) is 0 Å². The maximum absolute atomic E-state index is 12.0. The number of carboxylic acid groups (broad SMARTS) is 1. The maximum atomic E-state index is 12.0. The summed E-state index contributed by atoms with van der Waals surface area (Å²) in [6, 6.07) is 9.36. The number of hydrogen-bond donors (Lipinski definition) is 2. The van der Waals surface area contributed by atoms with E-state index in [1.54, 1.807) is 24.3 Å². The first-order valence-electron chi connectivity index (χ1n) is 6.64. The van der Waals surface area contributed by atoms with Crippen molar-refractivity contribution >= 4 is 27.4 Å². The Labute approximate surface area is 132 Å². The minimum absolute atomic E-state index is 0.0227. The van der Waals surface area contributed by atoms with Crippen LogP contribution < -0.4 is 5.32 Å². The molecule has 23 heavy (non-hydrogen) atoms. The van der Waals surface area contributed by atoms with Gasteiger partial charge >= 0.3 is 5.97 Å². The minimum Gasteiger partial charge on any atom is -0.475 e. The van der Waals surface area contributed by atoms with Crippen LogP contribution in [-0.4, -0.2) is 31.2 Å². The molecule has 122 valence electrons. The van der Waals surface area contributed by atoms with E-state index in [1.807, 2.05) is 6.92 Å². The normalized spacial score (nSPS) is 11.2. The van der Waals surface area contributed by atoms with Gasteiger partial charge in [0.1, 0.15) is 17.3 Å². The van der Waals surface area contributed by atoms with Crippen LogP contribution >= 0.6 is 0 Å². The lowest BCUT2D eigenvalue weighted by Crippen LogP contribution is -2.23. The van der Waals surface area contributed by atoms with Crippen molar-refractivity contribution in [2.24, 2.45) is 0 Å². The Hall–Kier alpha value is -2.61. The Kier molecular flexibility index (Phi) is 4.85. The van der Waals surface area contributed by atoms with Crippen LogP contribution in [0.5, 0.6) is 0 Å². The lowest BCUT2D eigenvalue weighted by molar-refractivity contribution is -0.113. The molecule has 0 atom stereocenters. The Balaban J connectivity index is 1.98. The van der Waals surface area contributed by atoms with Crippen molar-refractivity contribution in [2.45, 2.75) is 12.7 Å². The van der Waals surface area contributed by atoms with Crippen LogP contribution in [0.3, 0.4) is 0 Å². The maximum Gasteiger partial charge on any atom is 0.371 e. The van der Waals surface area contributed by atoms with E-state index < -0.39 is 33.2 Å². The van der Waals surface area contributed by atoms with Gasteiger partial charge in [-0.1, -0.05) is 17.7 Å². The molecule has 0 saturated carbocycles. The predicted octanol–water partition coefficient (Wildman–Crippen LogP) is 1.84. The van der Waals surface area contributed by atoms with E-state index in [0.29, 0.717) is 5.69 Å². The number of aryl methyl sites for hydroxylation is 1. The number of benzene rings is 1. The van der Waals surface area contributed by atoms with Gasteiger partial charge in [-0.25, -0.2) is 13.2 Å². The third-order valence-electron chi connectivity index (χ3n) is 2.92. The first-order chi connectivity index (χ1) is 10.7. The molecule has 0 radical (unpaired) electrons. The van der Waals surface area contributed by atoms with Gasteiger partial charge in [0.05, 0.1) is 0 Å². The molecule has 2 rings (SSSR count). The number of anilines is 1. The van der Waals surface area contributed by atoms with Gasteiger partial charge in [-0.2, -0.15) is 0 Å². The Morgan fingerprint density at radius 3 is 2.35 bits per heavy atom. The van der Waals surface area contributed by atoms with E-state index in [4.69, 9.17) is 9.52 Å². The molecule has 0 spiro atoms. The third kappa shape index (κ3) is 4.96. The van der Waals surface area contributed by atoms with Crippen molar-refractivity contribution in [2.75, 3.05) is 11.1 Å². The zero-order chi connectivity index (χ0) is 17.0. The number of carbonyl (C=O) groups is 2. The van der Waals surface area contributed by atoms with E-state index in [1.165, 1.54) is 12.1 Å². The summed E-state index contributed by atoms with van der Waals surface area (Å²) in [6.45, 7) is 1.89. The van der Waals surface area contributed by atoms with E-state index in [-0.39, 0.29) is 11.5 Å². The highest BCUT2D eigenvalue weighted by Gasteiger charge is 2.20. The second-order valence-electron chi connectivity index (χ2n) is 5.02. The number of carbonyl (C=O) groups excluding carboxylic acids is 1. The van der Waals surface area contributed by atoms with Gasteiger partial charge in [-0.15, -0.1) is 0 Å². The van der Waals surface area contributed by atoms with E-state index in [0.717, 1.165) is 5.56 Å². The van der Waals surface area contributed by atoms with Crippen molar-refractivity contribution in [3.63, 3.8) is 0 Å². The number of sulfone groups is 1. The molecule has 0 aliphatic rings. The SMILES string of the molecule is Cc1ccc(NC(=O)CS(=O)(=O)Cc2ccc(C(=O)O)o2)cc1. The smallest absolute Gasteiger partial charge is 0.371 e. The number of nitrogens with one attached hydrogen (secondary N) is 1. The van der Waals surface area contributed by atoms with Crippen LogP contribution in [0.2, 0.25) is 0 Å². The molecule has 0 aliphatic heterocycles. The summed E-state index contributed by atoms with van der Waals surface area (Å²) in [4.78, 5) is 22.5. The Morgan fingerprint density at radius 2 is 1.78 bits per heavy atom. The van der Waals surface area contributed by atoms with Crippen LogP contribution in [0.25, 0.3) is 0 Å². The van der Waals surface area contributed by atoms with Crippen molar-refractivity contribution in [3.05, 3.63) is 53.5 Å². The van der Waals surface area contributed by atoms with Gasteiger partial charge in [0.15, 0.2) is 9.84 Å². The van der Waals surface area contributed by atoms with Crippen molar-refractivity contribution in [1.82, 2.24) is 0 Å². The average molecular weight is 337 g/mol. The lowest BCUT2D eigenvalue weighted by atomic mass is 10.2. The van der Waals surface area contributed by atoms with Crippen molar-refractivity contribution in [3.8, 4) is 0 Å². The zero-order valence-electron chi connectivity index (χ0n) is 12.3. The van der Waals surface area contributed by atoms with Gasteiger partial charge < -0.3 is 14.8 Å². The molecule has 2 aromatic rings. The van der Waals surface area contributed by atoms with Gasteiger partial charge in [0.2, 0.25) is 11.7 Å². The highest BCUT2D eigenvalue weighted by Crippen LogP contribution is 2.13. The molecule has 0 fully saturated rings. The number of hydrogen-bond acceptors (Lipinski definition) is 5. The summed E-state index contributed by atoms with van der Waals surface area (Å²) < 4.78 is 28.8. The van der Waals surface area contributed by atoms with Gasteiger partial charge in [-0.3, -0.25) is 4.79 Å². The molecule has 7 nitrogen and oxygen atoms in total. The van der Waals surface area contributed by atoms with Gasteiger partial charge in [0.25, 0.3) is 0 Å². The van der Waals surface area contributed by atoms with Gasteiger partial charge in [0, 0.05) is 5.69 Å². The highest BCUT2D eigenvalue weighted by molar-refractivity contribution is 7.91. The second-order valence-corrected chi connectivity index (χ2v) is 7.08. The molecule has 0 aliphatic carbocycles. The molecule has 1 heterocycles. The molecule has 2 N–H and O–H groups in total. The largest absolute Gasteiger partial charge is 0.475 e. The first kappa shape index (κ1) is 16.8. The lowest BCUT2D eigenvalue weighted by Gasteiger charge is -2.06. The van der Waals surface area contributed by atoms with Crippen LogP contribution in [0, 0.1) is 6.92 Å². The number of furan rings is 1. The summed E-state index contributed by atoms with van der Waals surface area (Å²) in [5, 5.41) is 11.2. The predicted molar refractivity (Wildman–Crippen MR) is 83.0 cm³/mol.